The Morgan fingerprint density at radius 3 is 2.47 bits per heavy atom. The fraction of sp³-hybridized carbons (Fsp3) is 0.333. The van der Waals surface area contributed by atoms with E-state index in [-0.39, 0.29) is 5.75 Å². The molecule has 0 bridgehead atoms. The van der Waals surface area contributed by atoms with Crippen molar-refractivity contribution < 1.29 is 17.9 Å². The monoisotopic (exact) mass is 442 g/mol. The Morgan fingerprint density at radius 1 is 0.938 bits per heavy atom. The van der Waals surface area contributed by atoms with Crippen LogP contribution in [0.15, 0.2) is 60.7 Å². The Morgan fingerprint density at radius 2 is 1.72 bits per heavy atom. The predicted octanol–water partition coefficient (Wildman–Crippen LogP) is 6.05. The van der Waals surface area contributed by atoms with Gasteiger partial charge < -0.3 is 15.4 Å². The molecule has 2 N–H and O–H groups in total. The molecule has 168 valence electrons. The van der Waals surface area contributed by atoms with Crippen molar-refractivity contribution in [3.8, 4) is 17.0 Å². The molecule has 1 heterocycles. The second-order valence-corrected chi connectivity index (χ2v) is 7.83. The Bertz CT molecular complexity index is 1020. The fourth-order valence-corrected chi connectivity index (χ4v) is 3.84. The summed E-state index contributed by atoms with van der Waals surface area (Å²) in [5, 5.41) is 6.70. The first-order valence-corrected chi connectivity index (χ1v) is 10.7. The first-order valence-electron chi connectivity index (χ1n) is 10.7. The molecule has 0 radical (unpaired) electrons. The SMILES string of the molecule is FC(F)(F)Oc1cccc(-c2cc(NCCc3ccccc3)nc(NC3CCCC3)n2)c1. The van der Waals surface area contributed by atoms with Gasteiger partial charge >= 0.3 is 6.36 Å². The zero-order valence-electron chi connectivity index (χ0n) is 17.5. The van der Waals surface area contributed by atoms with Gasteiger partial charge in [-0.25, -0.2) is 4.98 Å². The number of halogens is 3. The highest BCUT2D eigenvalue weighted by Crippen LogP contribution is 2.29. The maximum absolute atomic E-state index is 12.6. The lowest BCUT2D eigenvalue weighted by atomic mass is 10.1. The van der Waals surface area contributed by atoms with Crippen LogP contribution >= 0.6 is 0 Å². The number of anilines is 2. The summed E-state index contributed by atoms with van der Waals surface area (Å²) >= 11 is 0. The first kappa shape index (κ1) is 21.9. The number of ether oxygens (including phenoxy) is 1. The minimum atomic E-state index is -4.75. The number of hydrogen-bond donors (Lipinski definition) is 2. The summed E-state index contributed by atoms with van der Waals surface area (Å²) in [7, 11) is 0. The molecule has 1 saturated carbocycles. The highest BCUT2D eigenvalue weighted by Gasteiger charge is 2.31. The maximum Gasteiger partial charge on any atom is 0.573 e. The van der Waals surface area contributed by atoms with Gasteiger partial charge in [0.15, 0.2) is 0 Å². The molecule has 2 aromatic carbocycles. The van der Waals surface area contributed by atoms with Gasteiger partial charge in [-0.3, -0.25) is 0 Å². The third kappa shape index (κ3) is 6.35. The van der Waals surface area contributed by atoms with E-state index in [2.05, 4.69) is 37.5 Å². The zero-order chi connectivity index (χ0) is 22.4. The van der Waals surface area contributed by atoms with Gasteiger partial charge in [0, 0.05) is 24.2 Å². The van der Waals surface area contributed by atoms with Crippen molar-refractivity contribution in [2.75, 3.05) is 17.2 Å². The summed E-state index contributed by atoms with van der Waals surface area (Å²) in [6.07, 6.45) is 0.509. The molecular weight excluding hydrogens is 417 g/mol. The number of rotatable bonds is 8. The molecule has 1 aliphatic carbocycles. The van der Waals surface area contributed by atoms with Crippen molar-refractivity contribution in [1.29, 1.82) is 0 Å². The number of nitrogens with one attached hydrogen (secondary N) is 2. The van der Waals surface area contributed by atoms with E-state index < -0.39 is 6.36 Å². The summed E-state index contributed by atoms with van der Waals surface area (Å²) in [6.45, 7) is 0.667. The highest BCUT2D eigenvalue weighted by atomic mass is 19.4. The van der Waals surface area contributed by atoms with E-state index in [0.29, 0.717) is 35.6 Å². The van der Waals surface area contributed by atoms with E-state index >= 15 is 0 Å². The van der Waals surface area contributed by atoms with Crippen LogP contribution in [0.25, 0.3) is 11.3 Å². The summed E-state index contributed by atoms with van der Waals surface area (Å²) in [5.41, 5.74) is 2.25. The topological polar surface area (TPSA) is 59.1 Å². The first-order chi connectivity index (χ1) is 15.4. The molecule has 0 amide bonds. The molecule has 3 aromatic rings. The molecule has 0 saturated heterocycles. The molecule has 0 spiro atoms. The number of aromatic nitrogens is 2. The molecular formula is C24H25F3N4O. The second kappa shape index (κ2) is 9.89. The van der Waals surface area contributed by atoms with Gasteiger partial charge in [0.05, 0.1) is 5.69 Å². The molecule has 1 fully saturated rings. The van der Waals surface area contributed by atoms with Crippen LogP contribution in [0.4, 0.5) is 24.9 Å². The van der Waals surface area contributed by atoms with Crippen LogP contribution in [0.2, 0.25) is 0 Å². The largest absolute Gasteiger partial charge is 0.573 e. The summed E-state index contributed by atoms with van der Waals surface area (Å²) in [5.74, 6) is 0.810. The maximum atomic E-state index is 12.6. The smallest absolute Gasteiger partial charge is 0.406 e. The third-order valence-corrected chi connectivity index (χ3v) is 5.34. The standard InChI is InChI=1S/C24H25F3N4O/c25-24(26,27)32-20-12-6-9-18(15-20)21-16-22(28-14-13-17-7-2-1-3-8-17)31-23(30-21)29-19-10-4-5-11-19/h1-3,6-9,12,15-16,19H,4-5,10-11,13-14H2,(H2,28,29,30,31). The zero-order valence-corrected chi connectivity index (χ0v) is 17.5. The van der Waals surface area contributed by atoms with Crippen molar-refractivity contribution in [1.82, 2.24) is 9.97 Å². The molecule has 1 aliphatic rings. The lowest BCUT2D eigenvalue weighted by molar-refractivity contribution is -0.274. The fourth-order valence-electron chi connectivity index (χ4n) is 3.84. The van der Waals surface area contributed by atoms with Crippen molar-refractivity contribution in [3.63, 3.8) is 0 Å². The molecule has 0 atom stereocenters. The van der Waals surface area contributed by atoms with Crippen molar-refractivity contribution in [3.05, 3.63) is 66.2 Å². The van der Waals surface area contributed by atoms with E-state index in [1.54, 1.807) is 12.1 Å². The molecule has 0 unspecified atom stereocenters. The van der Waals surface area contributed by atoms with E-state index in [1.807, 2.05) is 18.2 Å². The van der Waals surface area contributed by atoms with E-state index in [0.717, 1.165) is 32.1 Å². The average molecular weight is 442 g/mol. The number of benzene rings is 2. The summed E-state index contributed by atoms with van der Waals surface area (Å²) in [6, 6.07) is 18.0. The van der Waals surface area contributed by atoms with E-state index in [4.69, 9.17) is 0 Å². The Labute approximate surface area is 185 Å². The van der Waals surface area contributed by atoms with Crippen molar-refractivity contribution >= 4 is 11.8 Å². The molecule has 1 aromatic heterocycles. The minimum absolute atomic E-state index is 0.280. The van der Waals surface area contributed by atoms with Gasteiger partial charge in [0.1, 0.15) is 11.6 Å². The number of hydrogen-bond acceptors (Lipinski definition) is 5. The molecule has 8 heteroatoms. The lowest BCUT2D eigenvalue weighted by Gasteiger charge is -2.15. The Hall–Kier alpha value is -3.29. The Kier molecular flexibility index (Phi) is 6.78. The van der Waals surface area contributed by atoms with Gasteiger partial charge in [-0.05, 0) is 37.0 Å². The van der Waals surface area contributed by atoms with Crippen LogP contribution in [0.3, 0.4) is 0 Å². The number of alkyl halides is 3. The van der Waals surface area contributed by atoms with Gasteiger partial charge in [-0.15, -0.1) is 13.2 Å². The predicted molar refractivity (Wildman–Crippen MR) is 119 cm³/mol. The second-order valence-electron chi connectivity index (χ2n) is 7.83. The van der Waals surface area contributed by atoms with Crippen LogP contribution in [0, 0.1) is 0 Å². The van der Waals surface area contributed by atoms with Crippen LogP contribution in [0.1, 0.15) is 31.2 Å². The quantitative estimate of drug-likeness (QED) is 0.445. The van der Waals surface area contributed by atoms with Crippen LogP contribution in [-0.4, -0.2) is 28.9 Å². The molecule has 5 nitrogen and oxygen atoms in total. The van der Waals surface area contributed by atoms with E-state index in [9.17, 15) is 13.2 Å². The van der Waals surface area contributed by atoms with Crippen molar-refractivity contribution in [2.24, 2.45) is 0 Å². The van der Waals surface area contributed by atoms with Crippen LogP contribution in [0.5, 0.6) is 5.75 Å². The van der Waals surface area contributed by atoms with Gasteiger partial charge in [-0.2, -0.15) is 4.98 Å². The lowest BCUT2D eigenvalue weighted by Crippen LogP contribution is -2.18. The molecule has 0 aliphatic heterocycles. The minimum Gasteiger partial charge on any atom is -0.406 e. The van der Waals surface area contributed by atoms with Crippen LogP contribution in [-0.2, 0) is 6.42 Å². The molecule has 4 rings (SSSR count). The molecule has 32 heavy (non-hydrogen) atoms. The van der Waals surface area contributed by atoms with Crippen LogP contribution < -0.4 is 15.4 Å². The normalized spacial score (nSPS) is 14.3. The van der Waals surface area contributed by atoms with Crippen molar-refractivity contribution in [2.45, 2.75) is 44.5 Å². The van der Waals surface area contributed by atoms with Gasteiger partial charge in [0.25, 0.3) is 0 Å². The van der Waals surface area contributed by atoms with E-state index in [1.165, 1.54) is 23.8 Å². The number of nitrogens with zero attached hydrogens (tertiary/aromatic N) is 2. The average Bonchev–Trinajstić information content (AvgIpc) is 3.26. The highest BCUT2D eigenvalue weighted by molar-refractivity contribution is 5.66. The Balaban J connectivity index is 1.56. The summed E-state index contributed by atoms with van der Waals surface area (Å²) in [4.78, 5) is 9.16. The summed E-state index contributed by atoms with van der Waals surface area (Å²) < 4.78 is 42.0. The van der Waals surface area contributed by atoms with Gasteiger partial charge in [0.2, 0.25) is 5.95 Å². The van der Waals surface area contributed by atoms with Gasteiger partial charge in [-0.1, -0.05) is 55.3 Å². The third-order valence-electron chi connectivity index (χ3n) is 5.34.